The van der Waals surface area contributed by atoms with E-state index in [4.69, 9.17) is 15.2 Å². The molecule has 0 fully saturated rings. The van der Waals surface area contributed by atoms with Crippen molar-refractivity contribution in [1.29, 1.82) is 0 Å². The monoisotopic (exact) mass is 494 g/mol. The van der Waals surface area contributed by atoms with E-state index in [9.17, 15) is 4.79 Å². The van der Waals surface area contributed by atoms with E-state index in [0.29, 0.717) is 22.6 Å². The second kappa shape index (κ2) is 9.76. The zero-order valence-electron chi connectivity index (χ0n) is 17.7. The van der Waals surface area contributed by atoms with Gasteiger partial charge >= 0.3 is 192 Å². The molecule has 1 amide bonds. The van der Waals surface area contributed by atoms with E-state index in [1.165, 1.54) is 5.56 Å². The molecule has 2 heterocycles. The van der Waals surface area contributed by atoms with Gasteiger partial charge in [-0.15, -0.1) is 0 Å². The fourth-order valence-corrected chi connectivity index (χ4v) is 5.21. The molecule has 4 rings (SSSR count). The number of nitrogens with zero attached hydrogens (tertiary/aromatic N) is 3. The number of aromatic nitrogens is 3. The van der Waals surface area contributed by atoms with Crippen molar-refractivity contribution in [2.45, 2.75) is 12.8 Å². The van der Waals surface area contributed by atoms with Crippen molar-refractivity contribution in [3.63, 3.8) is 0 Å². The molecular weight excluding hydrogens is 471 g/mol. The number of ether oxygens (including phenoxy) is 2. The number of rotatable bonds is 8. The summed E-state index contributed by atoms with van der Waals surface area (Å²) in [6.07, 6.45) is 3.25. The van der Waals surface area contributed by atoms with E-state index in [-0.39, 0.29) is 14.5 Å². The van der Waals surface area contributed by atoms with Crippen molar-refractivity contribution in [3.8, 4) is 32.9 Å². The number of methoxy groups -OCH3 is 2. The predicted molar refractivity (Wildman–Crippen MR) is 123 cm³/mol. The first kappa shape index (κ1) is 21.7. The van der Waals surface area contributed by atoms with Crippen molar-refractivity contribution in [2.24, 2.45) is 5.73 Å². The van der Waals surface area contributed by atoms with Crippen molar-refractivity contribution < 1.29 is 14.3 Å². The number of primary amides is 1. The number of para-hydroxylation sites is 1. The van der Waals surface area contributed by atoms with Crippen LogP contribution < -0.4 is 15.2 Å². The van der Waals surface area contributed by atoms with Crippen LogP contribution in [0, 0.1) is 0 Å². The van der Waals surface area contributed by atoms with Crippen LogP contribution in [0.25, 0.3) is 21.4 Å². The Hall–Kier alpha value is -3.48. The third-order valence-electron chi connectivity index (χ3n) is 5.05. The summed E-state index contributed by atoms with van der Waals surface area (Å²) in [5.41, 5.74) is 9.28. The van der Waals surface area contributed by atoms with Crippen LogP contribution in [-0.2, 0) is 12.8 Å². The molecular formula is C24H22N4O3Se. The van der Waals surface area contributed by atoms with Gasteiger partial charge in [0.2, 0.25) is 0 Å². The summed E-state index contributed by atoms with van der Waals surface area (Å²) in [5, 5.41) is 8.84. The van der Waals surface area contributed by atoms with Crippen LogP contribution in [0.2, 0.25) is 0 Å². The standard InChI is InChI=1S/C24H22N4O3Se/c1-30-16-10-7-15(8-11-16)9-12-20-27-28-24(32-20)22-21(18(23(25)29)13-14-26-22)17-5-3-4-6-19(17)31-2/h3-8,10-11,13-14H,9,12H2,1-2H3,(H2,25,29). The number of carbonyl (C=O) groups is 1. The van der Waals surface area contributed by atoms with E-state index in [1.54, 1.807) is 26.5 Å². The normalized spacial score (nSPS) is 10.7. The number of hydrogen-bond donors (Lipinski definition) is 1. The van der Waals surface area contributed by atoms with E-state index in [1.807, 2.05) is 36.4 Å². The molecule has 0 saturated carbocycles. The molecule has 0 aliphatic carbocycles. The van der Waals surface area contributed by atoms with E-state index >= 15 is 0 Å². The van der Waals surface area contributed by atoms with Gasteiger partial charge in [0, 0.05) is 0 Å². The van der Waals surface area contributed by atoms with Crippen molar-refractivity contribution >= 4 is 20.4 Å². The molecule has 0 radical (unpaired) electrons. The number of aryl methyl sites for hydroxylation is 2. The predicted octanol–water partition coefficient (Wildman–Crippen LogP) is 3.16. The number of carbonyl (C=O) groups excluding carboxylic acids is 1. The van der Waals surface area contributed by atoms with Crippen LogP contribution in [0.15, 0.2) is 60.8 Å². The van der Waals surface area contributed by atoms with Crippen LogP contribution in [0.3, 0.4) is 0 Å². The maximum absolute atomic E-state index is 12.2. The van der Waals surface area contributed by atoms with E-state index < -0.39 is 5.91 Å². The topological polar surface area (TPSA) is 100 Å². The van der Waals surface area contributed by atoms with Gasteiger partial charge in [-0.3, -0.25) is 0 Å². The first-order valence-corrected chi connectivity index (χ1v) is 11.7. The summed E-state index contributed by atoms with van der Waals surface area (Å²) < 4.78 is 12.5. The Bertz CT molecular complexity index is 1240. The Balaban J connectivity index is 1.67. The molecule has 162 valence electrons. The molecule has 0 unspecified atom stereocenters. The third-order valence-corrected chi connectivity index (χ3v) is 7.13. The van der Waals surface area contributed by atoms with Crippen LogP contribution in [0.1, 0.15) is 20.5 Å². The molecule has 2 aromatic carbocycles. The summed E-state index contributed by atoms with van der Waals surface area (Å²) >= 11 is -0.105. The van der Waals surface area contributed by atoms with E-state index in [0.717, 1.165) is 33.3 Å². The average molecular weight is 493 g/mol. The van der Waals surface area contributed by atoms with E-state index in [2.05, 4.69) is 27.3 Å². The zero-order chi connectivity index (χ0) is 22.5. The van der Waals surface area contributed by atoms with Gasteiger partial charge in [0.05, 0.1) is 0 Å². The maximum atomic E-state index is 12.2. The molecule has 8 heteroatoms. The van der Waals surface area contributed by atoms with Crippen molar-refractivity contribution in [2.75, 3.05) is 14.2 Å². The Labute approximate surface area is 192 Å². The average Bonchev–Trinajstić information content (AvgIpc) is 3.31. The fourth-order valence-electron chi connectivity index (χ4n) is 3.45. The number of pyridine rings is 1. The van der Waals surface area contributed by atoms with Gasteiger partial charge in [-0.05, 0) is 0 Å². The minimum atomic E-state index is -0.527. The Morgan fingerprint density at radius 2 is 1.75 bits per heavy atom. The molecule has 4 aromatic rings. The van der Waals surface area contributed by atoms with Crippen LogP contribution in [0.4, 0.5) is 0 Å². The zero-order valence-corrected chi connectivity index (χ0v) is 19.5. The van der Waals surface area contributed by atoms with Crippen molar-refractivity contribution in [3.05, 3.63) is 76.5 Å². The molecule has 7 nitrogen and oxygen atoms in total. The van der Waals surface area contributed by atoms with Gasteiger partial charge < -0.3 is 0 Å². The van der Waals surface area contributed by atoms with Gasteiger partial charge in [-0.25, -0.2) is 0 Å². The SMILES string of the molecule is COc1ccc(CCc2nnc(-c3nccc(C(N)=O)c3-c3ccccc3OC)[se]2)cc1. The summed E-state index contributed by atoms with van der Waals surface area (Å²) in [4.78, 5) is 16.8. The van der Waals surface area contributed by atoms with Gasteiger partial charge in [0.25, 0.3) is 0 Å². The number of benzene rings is 2. The van der Waals surface area contributed by atoms with Gasteiger partial charge in [0.15, 0.2) is 0 Å². The molecule has 2 N–H and O–H groups in total. The van der Waals surface area contributed by atoms with Crippen LogP contribution in [-0.4, -0.2) is 49.8 Å². The van der Waals surface area contributed by atoms with Gasteiger partial charge in [0.1, 0.15) is 0 Å². The molecule has 0 aliphatic heterocycles. The number of hydrogen-bond acceptors (Lipinski definition) is 6. The first-order chi connectivity index (χ1) is 15.6. The number of amides is 1. The molecule has 0 spiro atoms. The van der Waals surface area contributed by atoms with Crippen LogP contribution >= 0.6 is 0 Å². The summed E-state index contributed by atoms with van der Waals surface area (Å²) in [6, 6.07) is 17.1. The Morgan fingerprint density at radius 3 is 2.47 bits per heavy atom. The molecule has 0 aliphatic rings. The molecule has 2 aromatic heterocycles. The summed E-state index contributed by atoms with van der Waals surface area (Å²) in [5.74, 6) is 0.948. The van der Waals surface area contributed by atoms with Crippen LogP contribution in [0.5, 0.6) is 11.5 Å². The minimum absolute atomic E-state index is 0.105. The second-order valence-corrected chi connectivity index (χ2v) is 9.22. The molecule has 32 heavy (non-hydrogen) atoms. The fraction of sp³-hybridized carbons (Fsp3) is 0.167. The molecule has 0 bridgehead atoms. The quantitative estimate of drug-likeness (QED) is 0.379. The molecule has 0 saturated heterocycles. The summed E-state index contributed by atoms with van der Waals surface area (Å²) in [7, 11) is 3.25. The van der Waals surface area contributed by atoms with Crippen molar-refractivity contribution in [1.82, 2.24) is 15.2 Å². The molecule has 0 atom stereocenters. The first-order valence-electron chi connectivity index (χ1n) is 9.98. The third kappa shape index (κ3) is 4.56. The summed E-state index contributed by atoms with van der Waals surface area (Å²) in [6.45, 7) is 0. The Morgan fingerprint density at radius 1 is 0.969 bits per heavy atom. The second-order valence-electron chi connectivity index (χ2n) is 7.00. The van der Waals surface area contributed by atoms with Gasteiger partial charge in [-0.2, -0.15) is 0 Å². The van der Waals surface area contributed by atoms with Gasteiger partial charge in [-0.1, -0.05) is 0 Å². The Kier molecular flexibility index (Phi) is 6.63. The number of nitrogens with two attached hydrogens (primary N) is 1.